The molecule has 0 spiro atoms. The highest BCUT2D eigenvalue weighted by Crippen LogP contribution is 2.07. The lowest BCUT2D eigenvalue weighted by Gasteiger charge is -2.10. The van der Waals surface area contributed by atoms with Gasteiger partial charge in [-0.05, 0) is 13.0 Å². The van der Waals surface area contributed by atoms with Crippen LogP contribution >= 0.6 is 11.8 Å². The van der Waals surface area contributed by atoms with Gasteiger partial charge in [-0.2, -0.15) is 5.10 Å². The Morgan fingerprint density at radius 1 is 1.79 bits per heavy atom. The van der Waals surface area contributed by atoms with Crippen LogP contribution < -0.4 is 0 Å². The van der Waals surface area contributed by atoms with Crippen molar-refractivity contribution in [2.24, 2.45) is 0 Å². The minimum absolute atomic E-state index is 0.0822. The summed E-state index contributed by atoms with van der Waals surface area (Å²) in [6.07, 6.45) is 2.60. The molecular weight excluding hydrogens is 200 g/mol. The van der Waals surface area contributed by atoms with Crippen molar-refractivity contribution in [1.29, 1.82) is 0 Å². The van der Waals surface area contributed by atoms with Gasteiger partial charge in [0.05, 0.1) is 12.0 Å². The molecule has 0 amide bonds. The zero-order chi connectivity index (χ0) is 10.4. The van der Waals surface area contributed by atoms with Crippen LogP contribution in [0.25, 0.3) is 0 Å². The fourth-order valence-corrected chi connectivity index (χ4v) is 1.47. The zero-order valence-electron chi connectivity index (χ0n) is 8.32. The molecule has 0 unspecified atom stereocenters. The van der Waals surface area contributed by atoms with Crippen LogP contribution in [0.4, 0.5) is 0 Å². The van der Waals surface area contributed by atoms with Crippen LogP contribution in [0.5, 0.6) is 0 Å². The molecule has 0 aliphatic heterocycles. The number of H-pyrrole nitrogens is 1. The van der Waals surface area contributed by atoms with Gasteiger partial charge in [-0.25, -0.2) is 0 Å². The van der Waals surface area contributed by atoms with E-state index in [1.807, 2.05) is 13.0 Å². The molecule has 78 valence electrons. The summed E-state index contributed by atoms with van der Waals surface area (Å²) in [6.45, 7) is 3.51. The van der Waals surface area contributed by atoms with E-state index in [2.05, 4.69) is 10.2 Å². The van der Waals surface area contributed by atoms with Crippen LogP contribution in [0.1, 0.15) is 19.5 Å². The maximum atomic E-state index is 10.6. The average molecular weight is 214 g/mol. The van der Waals surface area contributed by atoms with E-state index >= 15 is 0 Å². The lowest BCUT2D eigenvalue weighted by atomic mass is 10.2. The summed E-state index contributed by atoms with van der Waals surface area (Å²) in [4.78, 5) is 10.6. The van der Waals surface area contributed by atoms with Crippen LogP contribution in [0.3, 0.4) is 0 Å². The third-order valence-corrected chi connectivity index (χ3v) is 2.34. The molecule has 4 nitrogen and oxygen atoms in total. The summed E-state index contributed by atoms with van der Waals surface area (Å²) >= 11 is 1.19. The van der Waals surface area contributed by atoms with Crippen molar-refractivity contribution in [2.45, 2.75) is 26.4 Å². The number of nitrogens with zero attached hydrogens (tertiary/aromatic N) is 1. The van der Waals surface area contributed by atoms with Gasteiger partial charge in [-0.1, -0.05) is 11.8 Å². The highest BCUT2D eigenvalue weighted by molar-refractivity contribution is 8.13. The first-order valence-corrected chi connectivity index (χ1v) is 5.40. The SMILES string of the molecule is CC(=O)SCO[C@H](C)Cc1ccn[nH]1. The third-order valence-electron chi connectivity index (χ3n) is 1.68. The fourth-order valence-electron chi connectivity index (χ4n) is 1.00. The highest BCUT2D eigenvalue weighted by Gasteiger charge is 2.05. The molecule has 1 aromatic rings. The van der Waals surface area contributed by atoms with Crippen LogP contribution in [0, 0.1) is 0 Å². The molecule has 0 saturated heterocycles. The predicted molar refractivity (Wildman–Crippen MR) is 56.0 cm³/mol. The first-order valence-electron chi connectivity index (χ1n) is 4.41. The van der Waals surface area contributed by atoms with Crippen LogP contribution in [0.15, 0.2) is 12.3 Å². The number of rotatable bonds is 5. The molecule has 0 aliphatic rings. The zero-order valence-corrected chi connectivity index (χ0v) is 9.13. The molecule has 1 rings (SSSR count). The molecule has 0 saturated carbocycles. The molecule has 0 bridgehead atoms. The lowest BCUT2D eigenvalue weighted by molar-refractivity contribution is -0.109. The number of nitrogens with one attached hydrogen (secondary N) is 1. The summed E-state index contributed by atoms with van der Waals surface area (Å²) in [5.74, 6) is 0.421. The van der Waals surface area contributed by atoms with Crippen LogP contribution in [-0.4, -0.2) is 27.4 Å². The Morgan fingerprint density at radius 2 is 2.57 bits per heavy atom. The molecule has 0 radical (unpaired) electrons. The van der Waals surface area contributed by atoms with Crippen molar-refractivity contribution in [3.05, 3.63) is 18.0 Å². The van der Waals surface area contributed by atoms with Crippen LogP contribution in [-0.2, 0) is 16.0 Å². The van der Waals surface area contributed by atoms with Crippen molar-refractivity contribution < 1.29 is 9.53 Å². The smallest absolute Gasteiger partial charge is 0.188 e. The van der Waals surface area contributed by atoms with Gasteiger partial charge in [-0.3, -0.25) is 9.89 Å². The van der Waals surface area contributed by atoms with E-state index in [9.17, 15) is 4.79 Å². The summed E-state index contributed by atoms with van der Waals surface area (Å²) in [6, 6.07) is 1.91. The number of hydrogen-bond acceptors (Lipinski definition) is 4. The van der Waals surface area contributed by atoms with Crippen LogP contribution in [0.2, 0.25) is 0 Å². The molecule has 0 aliphatic carbocycles. The minimum atomic E-state index is 0.0822. The van der Waals surface area contributed by atoms with E-state index in [1.54, 1.807) is 6.20 Å². The second-order valence-electron chi connectivity index (χ2n) is 3.02. The Bertz CT molecular complexity index is 274. The Morgan fingerprint density at radius 3 is 3.14 bits per heavy atom. The van der Waals surface area contributed by atoms with Crippen molar-refractivity contribution in [3.8, 4) is 0 Å². The molecule has 1 heterocycles. The quantitative estimate of drug-likeness (QED) is 0.756. The van der Waals surface area contributed by atoms with E-state index in [0.717, 1.165) is 12.1 Å². The normalized spacial score (nSPS) is 12.7. The van der Waals surface area contributed by atoms with E-state index in [1.165, 1.54) is 18.7 Å². The van der Waals surface area contributed by atoms with Crippen molar-refractivity contribution >= 4 is 16.9 Å². The first-order chi connectivity index (χ1) is 6.68. The number of thioether (sulfide) groups is 1. The van der Waals surface area contributed by atoms with E-state index in [-0.39, 0.29) is 11.2 Å². The third kappa shape index (κ3) is 4.43. The minimum Gasteiger partial charge on any atom is -0.367 e. The summed E-state index contributed by atoms with van der Waals surface area (Å²) < 4.78 is 5.42. The number of aromatic amines is 1. The maximum Gasteiger partial charge on any atom is 0.188 e. The molecule has 0 fully saturated rings. The fraction of sp³-hybridized carbons (Fsp3) is 0.556. The molecule has 5 heteroatoms. The number of hydrogen-bond donors (Lipinski definition) is 1. The monoisotopic (exact) mass is 214 g/mol. The van der Waals surface area contributed by atoms with Crippen molar-refractivity contribution in [1.82, 2.24) is 10.2 Å². The molecule has 0 aromatic carbocycles. The Hall–Kier alpha value is -0.810. The second-order valence-corrected chi connectivity index (χ2v) is 4.12. The number of carbonyl (C=O) groups excluding carboxylic acids is 1. The number of ether oxygens (including phenoxy) is 1. The van der Waals surface area contributed by atoms with Crippen molar-refractivity contribution in [2.75, 3.05) is 5.94 Å². The van der Waals surface area contributed by atoms with Gasteiger partial charge in [-0.15, -0.1) is 0 Å². The van der Waals surface area contributed by atoms with Gasteiger partial charge in [0.15, 0.2) is 5.12 Å². The largest absolute Gasteiger partial charge is 0.367 e. The number of carbonyl (C=O) groups is 1. The molecule has 1 atom stereocenters. The highest BCUT2D eigenvalue weighted by atomic mass is 32.2. The van der Waals surface area contributed by atoms with E-state index in [0.29, 0.717) is 5.94 Å². The Balaban J connectivity index is 2.16. The maximum absolute atomic E-state index is 10.6. The standard InChI is InChI=1S/C9H14N2O2S/c1-7(13-6-14-8(2)12)5-9-3-4-10-11-9/h3-4,7H,5-6H2,1-2H3,(H,10,11)/t7-/m1/s1. The van der Waals surface area contributed by atoms with E-state index < -0.39 is 0 Å². The number of aromatic nitrogens is 2. The molecule has 14 heavy (non-hydrogen) atoms. The average Bonchev–Trinajstić information content (AvgIpc) is 2.56. The molecule has 1 N–H and O–H groups in total. The Labute approximate surface area is 87.4 Å². The molecule has 1 aromatic heterocycles. The van der Waals surface area contributed by atoms with Gasteiger partial charge in [0.2, 0.25) is 0 Å². The second kappa shape index (κ2) is 5.82. The van der Waals surface area contributed by atoms with Gasteiger partial charge in [0.25, 0.3) is 0 Å². The van der Waals surface area contributed by atoms with Gasteiger partial charge >= 0.3 is 0 Å². The Kier molecular flexibility index (Phi) is 4.69. The predicted octanol–water partition coefficient (Wildman–Crippen LogP) is 1.59. The first kappa shape index (κ1) is 11.3. The van der Waals surface area contributed by atoms with E-state index in [4.69, 9.17) is 4.74 Å². The van der Waals surface area contributed by atoms with Crippen molar-refractivity contribution in [3.63, 3.8) is 0 Å². The molecular formula is C9H14N2O2S. The van der Waals surface area contributed by atoms with Gasteiger partial charge in [0.1, 0.15) is 0 Å². The summed E-state index contributed by atoms with van der Waals surface area (Å²) in [5.41, 5.74) is 1.05. The summed E-state index contributed by atoms with van der Waals surface area (Å²) in [7, 11) is 0. The van der Waals surface area contributed by atoms with Gasteiger partial charge < -0.3 is 4.74 Å². The summed E-state index contributed by atoms with van der Waals surface area (Å²) in [5, 5.41) is 6.79. The topological polar surface area (TPSA) is 55.0 Å². The lowest BCUT2D eigenvalue weighted by Crippen LogP contribution is -2.12. The van der Waals surface area contributed by atoms with Gasteiger partial charge in [0, 0.05) is 25.2 Å².